The third kappa shape index (κ3) is 5.30. The van der Waals surface area contributed by atoms with Crippen LogP contribution in [-0.2, 0) is 11.5 Å². The maximum Gasteiger partial charge on any atom is 0.0555 e. The van der Waals surface area contributed by atoms with Gasteiger partial charge in [-0.25, -0.2) is 0 Å². The van der Waals surface area contributed by atoms with Crippen LogP contribution in [0.25, 0.3) is 0 Å². The van der Waals surface area contributed by atoms with Gasteiger partial charge in [-0.15, -0.1) is 0 Å². The Kier molecular flexibility index (Phi) is 5.92. The molecule has 2 aromatic rings. The van der Waals surface area contributed by atoms with Crippen LogP contribution in [0, 0.1) is 25.7 Å². The maximum atomic E-state index is 5.41. The van der Waals surface area contributed by atoms with Crippen LogP contribution in [0.2, 0.25) is 0 Å². The standard InChI is InChI=1S/C19H21NS/c1-15-9-16(2)11-19(10-15)14-21-13-18-6-3-5-17(12-18)7-4-8-20/h3,5-6,9-12H,8,13-14,20H2,1-2H3. The zero-order chi connectivity index (χ0) is 15.1. The van der Waals surface area contributed by atoms with Crippen molar-refractivity contribution in [3.63, 3.8) is 0 Å². The van der Waals surface area contributed by atoms with Gasteiger partial charge in [-0.3, -0.25) is 0 Å². The molecule has 108 valence electrons. The molecule has 2 heteroatoms. The second-order valence-corrected chi connectivity index (χ2v) is 6.18. The number of benzene rings is 2. The highest BCUT2D eigenvalue weighted by Crippen LogP contribution is 2.20. The molecular weight excluding hydrogens is 274 g/mol. The highest BCUT2D eigenvalue weighted by atomic mass is 32.2. The van der Waals surface area contributed by atoms with Crippen LogP contribution in [0.1, 0.15) is 27.8 Å². The summed E-state index contributed by atoms with van der Waals surface area (Å²) in [5.74, 6) is 8.03. The van der Waals surface area contributed by atoms with Crippen molar-refractivity contribution in [3.05, 3.63) is 70.3 Å². The first-order valence-electron chi connectivity index (χ1n) is 7.10. The lowest BCUT2D eigenvalue weighted by molar-refractivity contribution is 1.29. The summed E-state index contributed by atoms with van der Waals surface area (Å²) in [7, 11) is 0. The molecule has 0 atom stereocenters. The number of nitrogens with two attached hydrogens (primary N) is 1. The molecule has 0 heterocycles. The van der Waals surface area contributed by atoms with Crippen molar-refractivity contribution in [2.24, 2.45) is 5.73 Å². The molecule has 2 N–H and O–H groups in total. The molecule has 0 aliphatic carbocycles. The second kappa shape index (κ2) is 7.93. The van der Waals surface area contributed by atoms with Gasteiger partial charge in [0.25, 0.3) is 0 Å². The van der Waals surface area contributed by atoms with E-state index in [1.807, 2.05) is 17.8 Å². The third-order valence-corrected chi connectivity index (χ3v) is 4.16. The molecule has 0 spiro atoms. The molecule has 0 saturated carbocycles. The van der Waals surface area contributed by atoms with E-state index < -0.39 is 0 Å². The van der Waals surface area contributed by atoms with E-state index in [-0.39, 0.29) is 0 Å². The zero-order valence-electron chi connectivity index (χ0n) is 12.6. The summed E-state index contributed by atoms with van der Waals surface area (Å²) in [4.78, 5) is 0. The zero-order valence-corrected chi connectivity index (χ0v) is 13.5. The van der Waals surface area contributed by atoms with Crippen LogP contribution >= 0.6 is 11.8 Å². The summed E-state index contributed by atoms with van der Waals surface area (Å²) in [6, 6.07) is 15.1. The first-order chi connectivity index (χ1) is 10.2. The third-order valence-electron chi connectivity index (χ3n) is 3.08. The lowest BCUT2D eigenvalue weighted by atomic mass is 10.1. The van der Waals surface area contributed by atoms with Crippen molar-refractivity contribution >= 4 is 11.8 Å². The quantitative estimate of drug-likeness (QED) is 0.861. The van der Waals surface area contributed by atoms with Crippen LogP contribution in [0.5, 0.6) is 0 Å². The highest BCUT2D eigenvalue weighted by molar-refractivity contribution is 7.97. The number of hydrogen-bond acceptors (Lipinski definition) is 2. The van der Waals surface area contributed by atoms with Crippen LogP contribution in [0.4, 0.5) is 0 Å². The number of hydrogen-bond donors (Lipinski definition) is 1. The van der Waals surface area contributed by atoms with Gasteiger partial charge >= 0.3 is 0 Å². The molecular formula is C19H21NS. The smallest absolute Gasteiger partial charge is 0.0555 e. The Morgan fingerprint density at radius 2 is 1.67 bits per heavy atom. The first-order valence-corrected chi connectivity index (χ1v) is 8.25. The highest BCUT2D eigenvalue weighted by Gasteiger charge is 1.99. The minimum Gasteiger partial charge on any atom is -0.320 e. The van der Waals surface area contributed by atoms with E-state index in [1.54, 1.807) is 0 Å². The van der Waals surface area contributed by atoms with E-state index in [2.05, 4.69) is 62.1 Å². The average Bonchev–Trinajstić information content (AvgIpc) is 2.44. The summed E-state index contributed by atoms with van der Waals surface area (Å²) < 4.78 is 0. The fourth-order valence-corrected chi connectivity index (χ4v) is 3.25. The summed E-state index contributed by atoms with van der Waals surface area (Å²) in [6.45, 7) is 4.72. The van der Waals surface area contributed by atoms with Gasteiger partial charge in [-0.2, -0.15) is 11.8 Å². The first kappa shape index (κ1) is 15.7. The number of aryl methyl sites for hydroxylation is 2. The SMILES string of the molecule is Cc1cc(C)cc(CSCc2cccc(C#CCN)c2)c1. The van der Waals surface area contributed by atoms with E-state index in [0.717, 1.165) is 17.1 Å². The Morgan fingerprint density at radius 1 is 0.952 bits per heavy atom. The lowest BCUT2D eigenvalue weighted by Crippen LogP contribution is -1.93. The molecule has 2 rings (SSSR count). The van der Waals surface area contributed by atoms with Crippen molar-refractivity contribution in [1.82, 2.24) is 0 Å². The molecule has 21 heavy (non-hydrogen) atoms. The van der Waals surface area contributed by atoms with E-state index in [1.165, 1.54) is 22.3 Å². The van der Waals surface area contributed by atoms with E-state index in [0.29, 0.717) is 6.54 Å². The molecule has 0 aliphatic heterocycles. The Hall–Kier alpha value is -1.69. The fraction of sp³-hybridized carbons (Fsp3) is 0.263. The van der Waals surface area contributed by atoms with Gasteiger partial charge in [0, 0.05) is 17.1 Å². The fourth-order valence-electron chi connectivity index (χ4n) is 2.33. The molecule has 0 bridgehead atoms. The Morgan fingerprint density at radius 3 is 2.38 bits per heavy atom. The monoisotopic (exact) mass is 295 g/mol. The average molecular weight is 295 g/mol. The van der Waals surface area contributed by atoms with Crippen molar-refractivity contribution in [1.29, 1.82) is 0 Å². The molecule has 0 aliphatic rings. The van der Waals surface area contributed by atoms with Crippen LogP contribution < -0.4 is 5.73 Å². The van der Waals surface area contributed by atoms with E-state index in [9.17, 15) is 0 Å². The van der Waals surface area contributed by atoms with Crippen molar-refractivity contribution in [3.8, 4) is 11.8 Å². The Labute approximate surface area is 132 Å². The van der Waals surface area contributed by atoms with Gasteiger partial charge in [-0.05, 0) is 37.1 Å². The van der Waals surface area contributed by atoms with Crippen molar-refractivity contribution < 1.29 is 0 Å². The molecule has 1 nitrogen and oxygen atoms in total. The minimum absolute atomic E-state index is 0.408. The summed E-state index contributed by atoms with van der Waals surface area (Å²) >= 11 is 1.94. The van der Waals surface area contributed by atoms with Gasteiger partial charge < -0.3 is 5.73 Å². The Balaban J connectivity index is 1.94. The van der Waals surface area contributed by atoms with Crippen molar-refractivity contribution in [2.75, 3.05) is 6.54 Å². The molecule has 2 aromatic carbocycles. The van der Waals surface area contributed by atoms with Gasteiger partial charge in [0.05, 0.1) is 6.54 Å². The van der Waals surface area contributed by atoms with E-state index in [4.69, 9.17) is 5.73 Å². The Bertz CT molecular complexity index is 645. The summed E-state index contributed by atoms with van der Waals surface area (Å²) in [5, 5.41) is 0. The summed E-state index contributed by atoms with van der Waals surface area (Å²) in [5.41, 5.74) is 11.8. The van der Waals surface area contributed by atoms with Crippen LogP contribution in [0.3, 0.4) is 0 Å². The van der Waals surface area contributed by atoms with Crippen LogP contribution in [-0.4, -0.2) is 6.54 Å². The summed E-state index contributed by atoms with van der Waals surface area (Å²) in [6.07, 6.45) is 0. The van der Waals surface area contributed by atoms with Gasteiger partial charge in [0.15, 0.2) is 0 Å². The van der Waals surface area contributed by atoms with Crippen molar-refractivity contribution in [2.45, 2.75) is 25.4 Å². The number of thioether (sulfide) groups is 1. The van der Waals surface area contributed by atoms with E-state index >= 15 is 0 Å². The maximum absolute atomic E-state index is 5.41. The van der Waals surface area contributed by atoms with Gasteiger partial charge in [-0.1, -0.05) is 53.3 Å². The predicted octanol–water partition coefficient (Wildman–Crippen LogP) is 4.05. The van der Waals surface area contributed by atoms with Gasteiger partial charge in [0.1, 0.15) is 0 Å². The lowest BCUT2D eigenvalue weighted by Gasteiger charge is -2.06. The molecule has 0 amide bonds. The van der Waals surface area contributed by atoms with Crippen LogP contribution in [0.15, 0.2) is 42.5 Å². The molecule has 0 radical (unpaired) electrons. The molecule has 0 fully saturated rings. The molecule has 0 saturated heterocycles. The van der Waals surface area contributed by atoms with Gasteiger partial charge in [0.2, 0.25) is 0 Å². The molecule has 0 aromatic heterocycles. The normalized spacial score (nSPS) is 10.0. The molecule has 0 unspecified atom stereocenters. The minimum atomic E-state index is 0.408. The second-order valence-electron chi connectivity index (χ2n) is 5.20. The number of rotatable bonds is 4. The predicted molar refractivity (Wildman–Crippen MR) is 93.3 cm³/mol. The largest absolute Gasteiger partial charge is 0.320 e. The topological polar surface area (TPSA) is 26.0 Å².